The van der Waals surface area contributed by atoms with Gasteiger partial charge in [-0.25, -0.2) is 5.10 Å². The minimum atomic E-state index is 0.415. The number of nitrogens with one attached hydrogen (secondary N) is 1. The van der Waals surface area contributed by atoms with E-state index < -0.39 is 0 Å². The lowest BCUT2D eigenvalue weighted by atomic mass is 10.1. The second-order valence-electron chi connectivity index (χ2n) is 4.95. The van der Waals surface area contributed by atoms with Crippen LogP contribution >= 0.6 is 35.4 Å². The standard InChI is InChI=1S/C16H12Cl2N4S/c1-10-3-2-4-12(7-10)15-20-21-16(23)22(15)19-9-11-5-6-13(17)14(18)8-11/h2-9H,1H3,(H,21,23). The number of hydrogen-bond acceptors (Lipinski definition) is 3. The van der Waals surface area contributed by atoms with Crippen LogP contribution in [0.1, 0.15) is 11.1 Å². The first-order valence-corrected chi connectivity index (χ1v) is 7.95. The van der Waals surface area contributed by atoms with E-state index in [1.54, 1.807) is 23.0 Å². The minimum Gasteiger partial charge on any atom is -0.250 e. The molecule has 1 aromatic heterocycles. The van der Waals surface area contributed by atoms with Crippen molar-refractivity contribution in [3.05, 3.63) is 68.4 Å². The molecule has 7 heteroatoms. The molecule has 0 unspecified atom stereocenters. The summed E-state index contributed by atoms with van der Waals surface area (Å²) in [5, 5.41) is 12.4. The van der Waals surface area contributed by atoms with Crippen LogP contribution in [-0.2, 0) is 0 Å². The number of benzene rings is 2. The summed E-state index contributed by atoms with van der Waals surface area (Å²) in [7, 11) is 0. The van der Waals surface area contributed by atoms with Crippen molar-refractivity contribution in [1.82, 2.24) is 14.9 Å². The van der Waals surface area contributed by atoms with Crippen LogP contribution in [-0.4, -0.2) is 21.1 Å². The van der Waals surface area contributed by atoms with Gasteiger partial charge in [0.1, 0.15) is 0 Å². The zero-order chi connectivity index (χ0) is 16.4. The molecule has 1 N–H and O–H groups in total. The molecule has 0 aliphatic rings. The predicted molar refractivity (Wildman–Crippen MR) is 97.0 cm³/mol. The van der Waals surface area contributed by atoms with E-state index in [2.05, 4.69) is 15.3 Å². The van der Waals surface area contributed by atoms with Crippen molar-refractivity contribution in [2.75, 3.05) is 0 Å². The molecule has 116 valence electrons. The normalized spacial score (nSPS) is 11.3. The van der Waals surface area contributed by atoms with E-state index in [9.17, 15) is 0 Å². The van der Waals surface area contributed by atoms with Crippen LogP contribution < -0.4 is 0 Å². The summed E-state index contributed by atoms with van der Waals surface area (Å²) in [5.41, 5.74) is 2.89. The first-order valence-electron chi connectivity index (χ1n) is 6.78. The number of aromatic nitrogens is 3. The molecular formula is C16H12Cl2N4S. The summed E-state index contributed by atoms with van der Waals surface area (Å²) < 4.78 is 1.99. The van der Waals surface area contributed by atoms with Gasteiger partial charge in [-0.05, 0) is 42.9 Å². The van der Waals surface area contributed by atoms with E-state index >= 15 is 0 Å². The van der Waals surface area contributed by atoms with Gasteiger partial charge in [0, 0.05) is 5.56 Å². The highest BCUT2D eigenvalue weighted by molar-refractivity contribution is 7.71. The summed E-state index contributed by atoms with van der Waals surface area (Å²) >= 11 is 17.2. The smallest absolute Gasteiger partial charge is 0.216 e. The number of hydrogen-bond donors (Lipinski definition) is 1. The van der Waals surface area contributed by atoms with E-state index in [-0.39, 0.29) is 0 Å². The molecule has 3 aromatic rings. The fraction of sp³-hybridized carbons (Fsp3) is 0.0625. The molecule has 0 atom stereocenters. The molecule has 0 fully saturated rings. The summed E-state index contributed by atoms with van der Waals surface area (Å²) in [4.78, 5) is 0. The van der Waals surface area contributed by atoms with Crippen molar-refractivity contribution in [3.63, 3.8) is 0 Å². The second-order valence-corrected chi connectivity index (χ2v) is 6.15. The monoisotopic (exact) mass is 362 g/mol. The summed E-state index contributed by atoms with van der Waals surface area (Å²) in [6.07, 6.45) is 1.66. The maximum absolute atomic E-state index is 6.01. The third kappa shape index (κ3) is 3.52. The lowest BCUT2D eigenvalue weighted by molar-refractivity contribution is 0.871. The summed E-state index contributed by atoms with van der Waals surface area (Å²) in [6, 6.07) is 13.3. The number of nitrogens with zero attached hydrogens (tertiary/aromatic N) is 3. The van der Waals surface area contributed by atoms with Crippen molar-refractivity contribution in [2.45, 2.75) is 6.92 Å². The number of rotatable bonds is 3. The molecule has 3 rings (SSSR count). The molecule has 0 radical (unpaired) electrons. The van der Waals surface area contributed by atoms with E-state index in [1.807, 2.05) is 37.3 Å². The van der Waals surface area contributed by atoms with E-state index in [0.717, 1.165) is 16.7 Å². The molecule has 23 heavy (non-hydrogen) atoms. The van der Waals surface area contributed by atoms with E-state index in [0.29, 0.717) is 20.6 Å². The van der Waals surface area contributed by atoms with E-state index in [4.69, 9.17) is 35.4 Å². The Labute approximate surface area is 148 Å². The number of aromatic amines is 1. The van der Waals surface area contributed by atoms with Gasteiger partial charge < -0.3 is 0 Å². The molecule has 0 bridgehead atoms. The maximum atomic E-state index is 6.01. The van der Waals surface area contributed by atoms with Crippen LogP contribution in [0.2, 0.25) is 10.0 Å². The molecule has 0 aliphatic carbocycles. The number of H-pyrrole nitrogens is 1. The van der Waals surface area contributed by atoms with E-state index in [1.165, 1.54) is 0 Å². The Morgan fingerprint density at radius 3 is 2.74 bits per heavy atom. The van der Waals surface area contributed by atoms with Gasteiger partial charge in [-0.2, -0.15) is 14.9 Å². The van der Waals surface area contributed by atoms with Crippen molar-refractivity contribution in [2.24, 2.45) is 5.10 Å². The number of halogens is 2. The highest BCUT2D eigenvalue weighted by atomic mass is 35.5. The molecule has 0 aliphatic heterocycles. The molecule has 0 saturated carbocycles. The third-order valence-corrected chi connectivity index (χ3v) is 4.20. The molecule has 0 spiro atoms. The van der Waals surface area contributed by atoms with Gasteiger partial charge in [0.2, 0.25) is 4.77 Å². The number of aryl methyl sites for hydroxylation is 1. The zero-order valence-corrected chi connectivity index (χ0v) is 14.5. The van der Waals surface area contributed by atoms with Gasteiger partial charge in [0.25, 0.3) is 0 Å². The molecule has 1 heterocycles. The van der Waals surface area contributed by atoms with Gasteiger partial charge in [0.15, 0.2) is 5.82 Å². The van der Waals surface area contributed by atoms with Gasteiger partial charge >= 0.3 is 0 Å². The predicted octanol–water partition coefficient (Wildman–Crippen LogP) is 5.11. The zero-order valence-electron chi connectivity index (χ0n) is 12.1. The van der Waals surface area contributed by atoms with Crippen molar-refractivity contribution < 1.29 is 0 Å². The van der Waals surface area contributed by atoms with Crippen LogP contribution in [0.5, 0.6) is 0 Å². The maximum Gasteiger partial charge on any atom is 0.216 e. The molecule has 2 aromatic carbocycles. The van der Waals surface area contributed by atoms with Crippen LogP contribution in [0.3, 0.4) is 0 Å². The summed E-state index contributed by atoms with van der Waals surface area (Å²) in [5.74, 6) is 0.648. The van der Waals surface area contributed by atoms with Crippen LogP contribution in [0.4, 0.5) is 0 Å². The Morgan fingerprint density at radius 2 is 2.00 bits per heavy atom. The quantitative estimate of drug-likeness (QED) is 0.520. The first-order chi connectivity index (χ1) is 11.0. The second kappa shape index (κ2) is 6.66. The molecule has 0 saturated heterocycles. The molecular weight excluding hydrogens is 351 g/mol. The first kappa shape index (κ1) is 15.9. The van der Waals surface area contributed by atoms with Crippen molar-refractivity contribution in [1.29, 1.82) is 0 Å². The Morgan fingerprint density at radius 1 is 1.17 bits per heavy atom. The fourth-order valence-corrected chi connectivity index (χ4v) is 2.57. The topological polar surface area (TPSA) is 46.0 Å². The molecule has 0 amide bonds. The van der Waals surface area contributed by atoms with Crippen LogP contribution in [0.25, 0.3) is 11.4 Å². The Balaban J connectivity index is 2.00. The largest absolute Gasteiger partial charge is 0.250 e. The SMILES string of the molecule is Cc1cccc(-c2n[nH]c(=S)n2N=Cc2ccc(Cl)c(Cl)c2)c1. The lowest BCUT2D eigenvalue weighted by Gasteiger charge is -2.02. The fourth-order valence-electron chi connectivity index (χ4n) is 2.09. The Kier molecular flexibility index (Phi) is 4.61. The minimum absolute atomic E-state index is 0.415. The highest BCUT2D eigenvalue weighted by Gasteiger charge is 2.08. The average Bonchev–Trinajstić information content (AvgIpc) is 2.89. The van der Waals surface area contributed by atoms with Gasteiger partial charge in [-0.3, -0.25) is 0 Å². The Bertz CT molecular complexity index is 943. The third-order valence-electron chi connectivity index (χ3n) is 3.19. The van der Waals surface area contributed by atoms with Gasteiger partial charge in [0.05, 0.1) is 16.3 Å². The summed E-state index contributed by atoms with van der Waals surface area (Å²) in [6.45, 7) is 2.02. The van der Waals surface area contributed by atoms with Gasteiger partial charge in [-0.1, -0.05) is 53.0 Å². The van der Waals surface area contributed by atoms with Gasteiger partial charge in [-0.15, -0.1) is 0 Å². The average molecular weight is 363 g/mol. The van der Waals surface area contributed by atoms with Crippen LogP contribution in [0, 0.1) is 11.7 Å². The lowest BCUT2D eigenvalue weighted by Crippen LogP contribution is -1.95. The highest BCUT2D eigenvalue weighted by Crippen LogP contribution is 2.22. The van der Waals surface area contributed by atoms with Crippen molar-refractivity contribution >= 4 is 41.6 Å². The Hall–Kier alpha value is -1.95. The molecule has 4 nitrogen and oxygen atoms in total. The van der Waals surface area contributed by atoms with Crippen molar-refractivity contribution in [3.8, 4) is 11.4 Å². The van der Waals surface area contributed by atoms with Crippen LogP contribution in [0.15, 0.2) is 47.6 Å².